The lowest BCUT2D eigenvalue weighted by Crippen LogP contribution is -1.83. The van der Waals surface area contributed by atoms with Crippen LogP contribution in [0.5, 0.6) is 0 Å². The molecule has 0 aliphatic carbocycles. The van der Waals surface area contributed by atoms with Crippen molar-refractivity contribution in [1.82, 2.24) is 0 Å². The molecular weight excluding hydrogens is 99.5 g/mol. The zero-order valence-electron chi connectivity index (χ0n) is 3.78. The number of halogens is 1. The molecule has 0 unspecified atom stereocenters. The second-order valence-electron chi connectivity index (χ2n) is 0.936. The Labute approximate surface area is 43.3 Å². The Kier molecular flexibility index (Phi) is 5.47. The third-order valence-electron chi connectivity index (χ3n) is 0.431. The number of methoxy groups -OCH3 is 1. The average Bonchev–Trinajstić information content (AvgIpc) is 1.61. The molecule has 6 heavy (non-hydrogen) atoms. The van der Waals surface area contributed by atoms with Gasteiger partial charge in [0, 0.05) is 13.7 Å². The van der Waals surface area contributed by atoms with Crippen LogP contribution in [0.25, 0.3) is 0 Å². The Bertz CT molecular complexity index is 19.5. The van der Waals surface area contributed by atoms with Crippen LogP contribution < -0.4 is 0 Å². The van der Waals surface area contributed by atoms with E-state index in [1.54, 1.807) is 13.0 Å². The highest BCUT2D eigenvalue weighted by Crippen LogP contribution is 1.89. The normalized spacial score (nSPS) is 9.00. The maximum absolute atomic E-state index is 5.18. The molecule has 1 radical (unpaired) electrons. The quantitative estimate of drug-likeness (QED) is 0.496. The van der Waals surface area contributed by atoms with Crippen LogP contribution in [0.15, 0.2) is 0 Å². The molecule has 1 nitrogen and oxygen atoms in total. The highest BCUT2D eigenvalue weighted by molar-refractivity contribution is 6.23. The average molecular weight is 108 g/mol. The minimum atomic E-state index is 0.726. The smallest absolute Gasteiger partial charge is 0.0522 e. The second kappa shape index (κ2) is 5.25. The Morgan fingerprint density at radius 3 is 2.67 bits per heavy atom. The monoisotopic (exact) mass is 107 g/mol. The summed E-state index contributed by atoms with van der Waals surface area (Å²) in [4.78, 5) is 0. The summed E-state index contributed by atoms with van der Waals surface area (Å²) >= 11 is 5.18. The van der Waals surface area contributed by atoms with Gasteiger partial charge < -0.3 is 4.74 Å². The lowest BCUT2D eigenvalue weighted by atomic mass is 10.5. The standard InChI is InChI=1S/C4H8ClO/c1-6-4-2-3-5/h3H,2,4H2,1H3. The van der Waals surface area contributed by atoms with Crippen molar-refractivity contribution in [3.8, 4) is 0 Å². The molecule has 0 N–H and O–H groups in total. The first-order valence-electron chi connectivity index (χ1n) is 1.82. The number of ether oxygens (including phenoxy) is 1. The van der Waals surface area contributed by atoms with Gasteiger partial charge in [-0.25, -0.2) is 0 Å². The molecule has 0 aromatic carbocycles. The van der Waals surface area contributed by atoms with Crippen molar-refractivity contribution in [2.75, 3.05) is 13.7 Å². The Hall–Kier alpha value is 0.250. The van der Waals surface area contributed by atoms with E-state index in [9.17, 15) is 0 Å². The zero-order chi connectivity index (χ0) is 4.83. The van der Waals surface area contributed by atoms with Crippen molar-refractivity contribution < 1.29 is 4.74 Å². The summed E-state index contributed by atoms with van der Waals surface area (Å²) in [5.74, 6) is 1.56. The van der Waals surface area contributed by atoms with Crippen molar-refractivity contribution >= 4 is 11.6 Å². The van der Waals surface area contributed by atoms with Gasteiger partial charge in [-0.15, -0.1) is 11.6 Å². The van der Waals surface area contributed by atoms with Gasteiger partial charge in [0.25, 0.3) is 0 Å². The van der Waals surface area contributed by atoms with Crippen LogP contribution in [0.2, 0.25) is 0 Å². The maximum atomic E-state index is 5.18. The van der Waals surface area contributed by atoms with Crippen LogP contribution in [-0.4, -0.2) is 13.7 Å². The number of rotatable bonds is 3. The largest absolute Gasteiger partial charge is 0.385 e. The predicted octanol–water partition coefficient (Wildman–Crippen LogP) is 1.42. The van der Waals surface area contributed by atoms with Crippen molar-refractivity contribution in [3.63, 3.8) is 0 Å². The SMILES string of the molecule is COCC[CH]Cl. The van der Waals surface area contributed by atoms with Crippen molar-refractivity contribution in [2.24, 2.45) is 0 Å². The maximum Gasteiger partial charge on any atom is 0.0522 e. The van der Waals surface area contributed by atoms with Gasteiger partial charge in [0.1, 0.15) is 0 Å². The van der Waals surface area contributed by atoms with E-state index in [4.69, 9.17) is 11.6 Å². The molecule has 0 heterocycles. The molecule has 0 atom stereocenters. The van der Waals surface area contributed by atoms with E-state index in [-0.39, 0.29) is 0 Å². The topological polar surface area (TPSA) is 9.23 Å². The lowest BCUT2D eigenvalue weighted by Gasteiger charge is -1.87. The summed E-state index contributed by atoms with van der Waals surface area (Å²) in [6, 6.07) is 0. The highest BCUT2D eigenvalue weighted by Gasteiger charge is 1.77. The van der Waals surface area contributed by atoms with E-state index >= 15 is 0 Å². The fourth-order valence-corrected chi connectivity index (χ4v) is 0.251. The lowest BCUT2D eigenvalue weighted by molar-refractivity contribution is 0.203. The van der Waals surface area contributed by atoms with Crippen molar-refractivity contribution in [2.45, 2.75) is 6.42 Å². The Balaban J connectivity index is 2.34. The first-order chi connectivity index (χ1) is 2.91. The van der Waals surface area contributed by atoms with Gasteiger partial charge >= 0.3 is 0 Å². The van der Waals surface area contributed by atoms with Gasteiger partial charge in [0.15, 0.2) is 0 Å². The van der Waals surface area contributed by atoms with Crippen LogP contribution in [0, 0.1) is 5.88 Å². The van der Waals surface area contributed by atoms with E-state index in [1.165, 1.54) is 0 Å². The third-order valence-corrected chi connectivity index (χ3v) is 0.649. The molecular formula is C4H8ClO. The van der Waals surface area contributed by atoms with E-state index in [1.807, 2.05) is 0 Å². The van der Waals surface area contributed by atoms with Crippen LogP contribution >= 0.6 is 11.6 Å². The fourth-order valence-electron chi connectivity index (χ4n) is 0.162. The van der Waals surface area contributed by atoms with Gasteiger partial charge in [-0.3, -0.25) is 0 Å². The third kappa shape index (κ3) is 4.25. The van der Waals surface area contributed by atoms with Crippen LogP contribution in [0.3, 0.4) is 0 Å². The van der Waals surface area contributed by atoms with E-state index in [2.05, 4.69) is 4.74 Å². The summed E-state index contributed by atoms with van der Waals surface area (Å²) in [5, 5.41) is 0. The van der Waals surface area contributed by atoms with Gasteiger partial charge in [0.2, 0.25) is 0 Å². The molecule has 0 bridgehead atoms. The second-order valence-corrected chi connectivity index (χ2v) is 1.24. The summed E-state index contributed by atoms with van der Waals surface area (Å²) in [6.07, 6.45) is 0.831. The summed E-state index contributed by atoms with van der Waals surface area (Å²) in [5.41, 5.74) is 0. The summed E-state index contributed by atoms with van der Waals surface area (Å²) in [7, 11) is 1.65. The van der Waals surface area contributed by atoms with Crippen molar-refractivity contribution in [1.29, 1.82) is 0 Å². The first kappa shape index (κ1) is 6.25. The summed E-state index contributed by atoms with van der Waals surface area (Å²) in [6.45, 7) is 0.726. The first-order valence-corrected chi connectivity index (χ1v) is 2.26. The minimum Gasteiger partial charge on any atom is -0.385 e. The predicted molar refractivity (Wildman–Crippen MR) is 26.6 cm³/mol. The fraction of sp³-hybridized carbons (Fsp3) is 0.750. The number of hydrogen-bond donors (Lipinski definition) is 0. The number of hydrogen-bond acceptors (Lipinski definition) is 1. The van der Waals surface area contributed by atoms with Crippen molar-refractivity contribution in [3.05, 3.63) is 5.88 Å². The molecule has 37 valence electrons. The summed E-state index contributed by atoms with van der Waals surface area (Å²) < 4.78 is 4.67. The van der Waals surface area contributed by atoms with Crippen LogP contribution in [-0.2, 0) is 4.74 Å². The Morgan fingerprint density at radius 1 is 1.83 bits per heavy atom. The molecule has 0 saturated heterocycles. The molecule has 0 fully saturated rings. The molecule has 0 aromatic rings. The molecule has 0 aliphatic heterocycles. The minimum absolute atomic E-state index is 0.726. The molecule has 0 saturated carbocycles. The van der Waals surface area contributed by atoms with Gasteiger partial charge in [-0.2, -0.15) is 0 Å². The molecule has 2 heteroatoms. The molecule has 0 rings (SSSR count). The highest BCUT2D eigenvalue weighted by atomic mass is 35.5. The van der Waals surface area contributed by atoms with E-state index in [0.29, 0.717) is 0 Å². The zero-order valence-corrected chi connectivity index (χ0v) is 4.53. The van der Waals surface area contributed by atoms with E-state index < -0.39 is 0 Å². The van der Waals surface area contributed by atoms with Gasteiger partial charge in [-0.05, 0) is 6.42 Å². The van der Waals surface area contributed by atoms with Crippen LogP contribution in [0.1, 0.15) is 6.42 Å². The van der Waals surface area contributed by atoms with E-state index in [0.717, 1.165) is 13.0 Å². The molecule has 0 amide bonds. The Morgan fingerprint density at radius 2 is 2.50 bits per heavy atom. The molecule has 0 aliphatic rings. The molecule has 0 aromatic heterocycles. The van der Waals surface area contributed by atoms with Gasteiger partial charge in [0.05, 0.1) is 5.88 Å². The van der Waals surface area contributed by atoms with Gasteiger partial charge in [-0.1, -0.05) is 0 Å². The van der Waals surface area contributed by atoms with Crippen LogP contribution in [0.4, 0.5) is 0 Å². The molecule has 0 spiro atoms.